The van der Waals surface area contributed by atoms with Crippen molar-refractivity contribution in [2.24, 2.45) is 0 Å². The highest BCUT2D eigenvalue weighted by atomic mass is 16.3. The Labute approximate surface area is 82.1 Å². The number of urea groups is 1. The highest BCUT2D eigenvalue weighted by Crippen LogP contribution is 2.30. The fourth-order valence-electron chi connectivity index (χ4n) is 1.88. The number of carbonyl (C=O) groups is 2. The third kappa shape index (κ3) is 1.19. The molecule has 1 aliphatic heterocycles. The monoisotopic (exact) mass is 198 g/mol. The van der Waals surface area contributed by atoms with Crippen molar-refractivity contribution >= 4 is 11.9 Å². The van der Waals surface area contributed by atoms with Crippen molar-refractivity contribution < 1.29 is 14.7 Å². The van der Waals surface area contributed by atoms with Gasteiger partial charge in [0.15, 0.2) is 0 Å². The Bertz CT molecular complexity index is 294. The number of aliphatic hydroxyl groups is 1. The van der Waals surface area contributed by atoms with Crippen LogP contribution >= 0.6 is 0 Å². The minimum atomic E-state index is -0.794. The third-order valence-corrected chi connectivity index (χ3v) is 2.85. The summed E-state index contributed by atoms with van der Waals surface area (Å²) >= 11 is 0. The van der Waals surface area contributed by atoms with E-state index in [1.165, 1.54) is 4.90 Å². The fourth-order valence-corrected chi connectivity index (χ4v) is 1.88. The summed E-state index contributed by atoms with van der Waals surface area (Å²) in [5.74, 6) is -0.195. The van der Waals surface area contributed by atoms with Gasteiger partial charge in [0.1, 0.15) is 5.54 Å². The molecule has 0 radical (unpaired) electrons. The molecule has 5 heteroatoms. The first-order chi connectivity index (χ1) is 6.42. The largest absolute Gasteiger partial charge is 0.393 e. The van der Waals surface area contributed by atoms with E-state index in [0.717, 1.165) is 0 Å². The Hall–Kier alpha value is -1.10. The van der Waals surface area contributed by atoms with Crippen LogP contribution in [0, 0.1) is 0 Å². The van der Waals surface area contributed by atoms with Crippen LogP contribution in [0.4, 0.5) is 4.79 Å². The molecule has 0 aromatic heterocycles. The number of hydrogen-bond acceptors (Lipinski definition) is 3. The maximum atomic E-state index is 11.7. The molecule has 0 unspecified atom stereocenters. The smallest absolute Gasteiger partial charge is 0.325 e. The Morgan fingerprint density at radius 3 is 2.36 bits per heavy atom. The highest BCUT2D eigenvalue weighted by Gasteiger charge is 2.50. The van der Waals surface area contributed by atoms with E-state index in [1.807, 2.05) is 0 Å². The quantitative estimate of drug-likeness (QED) is 0.575. The van der Waals surface area contributed by atoms with Gasteiger partial charge >= 0.3 is 6.03 Å². The lowest BCUT2D eigenvalue weighted by atomic mass is 9.88. The van der Waals surface area contributed by atoms with Crippen LogP contribution in [-0.4, -0.2) is 39.6 Å². The molecule has 2 rings (SSSR count). The first-order valence-electron chi connectivity index (χ1n) is 4.75. The summed E-state index contributed by atoms with van der Waals surface area (Å²) in [4.78, 5) is 24.4. The lowest BCUT2D eigenvalue weighted by Gasteiger charge is -2.36. The van der Waals surface area contributed by atoms with Gasteiger partial charge in [-0.05, 0) is 26.7 Å². The van der Waals surface area contributed by atoms with Gasteiger partial charge in [-0.25, -0.2) is 4.79 Å². The van der Waals surface area contributed by atoms with E-state index in [4.69, 9.17) is 5.11 Å². The van der Waals surface area contributed by atoms with E-state index in [0.29, 0.717) is 12.8 Å². The van der Waals surface area contributed by atoms with E-state index in [2.05, 4.69) is 5.32 Å². The molecule has 1 saturated carbocycles. The Balaban J connectivity index is 2.13. The molecular weight excluding hydrogens is 184 g/mol. The second kappa shape index (κ2) is 2.70. The summed E-state index contributed by atoms with van der Waals surface area (Å²) in [6.07, 6.45) is 0.661. The van der Waals surface area contributed by atoms with Crippen LogP contribution in [0.15, 0.2) is 0 Å². The van der Waals surface area contributed by atoms with Crippen LogP contribution in [0.25, 0.3) is 0 Å². The first kappa shape index (κ1) is 9.45. The number of nitrogens with zero attached hydrogens (tertiary/aromatic N) is 1. The molecule has 3 amide bonds. The zero-order chi connectivity index (χ0) is 10.5. The van der Waals surface area contributed by atoms with Crippen molar-refractivity contribution in [2.45, 2.75) is 44.4 Å². The summed E-state index contributed by atoms with van der Waals surface area (Å²) in [6, 6.07) is -0.448. The van der Waals surface area contributed by atoms with Crippen molar-refractivity contribution in [3.63, 3.8) is 0 Å². The van der Waals surface area contributed by atoms with Crippen molar-refractivity contribution in [3.05, 3.63) is 0 Å². The van der Waals surface area contributed by atoms with Gasteiger partial charge in [0.25, 0.3) is 5.91 Å². The molecule has 2 aliphatic rings. The van der Waals surface area contributed by atoms with E-state index in [1.54, 1.807) is 13.8 Å². The van der Waals surface area contributed by atoms with Gasteiger partial charge in [-0.1, -0.05) is 0 Å². The summed E-state index contributed by atoms with van der Waals surface area (Å²) in [7, 11) is 0. The van der Waals surface area contributed by atoms with Crippen LogP contribution in [-0.2, 0) is 4.79 Å². The average molecular weight is 198 g/mol. The second-order valence-corrected chi connectivity index (χ2v) is 4.51. The molecule has 1 aliphatic carbocycles. The SMILES string of the molecule is CC1(C)NC(=O)N([C@H]2C[C@@H](O)C2)C1=O. The minimum Gasteiger partial charge on any atom is -0.393 e. The van der Waals surface area contributed by atoms with E-state index >= 15 is 0 Å². The summed E-state index contributed by atoms with van der Waals surface area (Å²) in [5.41, 5.74) is -0.794. The first-order valence-corrected chi connectivity index (χ1v) is 4.75. The molecule has 0 aromatic rings. The molecule has 2 fully saturated rings. The number of rotatable bonds is 1. The number of aliphatic hydroxyl groups excluding tert-OH is 1. The van der Waals surface area contributed by atoms with Crippen molar-refractivity contribution in [3.8, 4) is 0 Å². The normalized spacial score (nSPS) is 35.5. The van der Waals surface area contributed by atoms with Crippen LogP contribution < -0.4 is 5.32 Å². The maximum absolute atomic E-state index is 11.7. The zero-order valence-corrected chi connectivity index (χ0v) is 8.28. The maximum Gasteiger partial charge on any atom is 0.325 e. The summed E-state index contributed by atoms with van der Waals surface area (Å²) in [6.45, 7) is 3.37. The van der Waals surface area contributed by atoms with Crippen LogP contribution in [0.3, 0.4) is 0 Å². The van der Waals surface area contributed by atoms with Crippen molar-refractivity contribution in [2.75, 3.05) is 0 Å². The number of hydrogen-bond donors (Lipinski definition) is 2. The molecule has 2 N–H and O–H groups in total. The van der Waals surface area contributed by atoms with Crippen LogP contribution in [0.5, 0.6) is 0 Å². The standard InChI is InChI=1S/C9H14N2O3/c1-9(2)7(13)11(8(14)10-9)5-3-6(12)4-5/h5-6,12H,3-4H2,1-2H3,(H,10,14)/t5-,6+. The Kier molecular flexibility index (Phi) is 1.82. The highest BCUT2D eigenvalue weighted by molar-refractivity contribution is 6.06. The van der Waals surface area contributed by atoms with Gasteiger partial charge in [-0.2, -0.15) is 0 Å². The Morgan fingerprint density at radius 2 is 2.00 bits per heavy atom. The molecule has 0 bridgehead atoms. The lowest BCUT2D eigenvalue weighted by Crippen LogP contribution is -2.51. The van der Waals surface area contributed by atoms with Gasteiger partial charge in [0.2, 0.25) is 0 Å². The lowest BCUT2D eigenvalue weighted by molar-refractivity contribution is -0.134. The Morgan fingerprint density at radius 1 is 1.43 bits per heavy atom. The van der Waals surface area contributed by atoms with E-state index in [-0.39, 0.29) is 24.1 Å². The minimum absolute atomic E-state index is 0.112. The molecule has 1 saturated heterocycles. The molecule has 0 atom stereocenters. The van der Waals surface area contributed by atoms with Gasteiger partial charge < -0.3 is 10.4 Å². The molecule has 78 valence electrons. The van der Waals surface area contributed by atoms with Gasteiger partial charge in [-0.3, -0.25) is 9.69 Å². The van der Waals surface area contributed by atoms with Crippen molar-refractivity contribution in [1.29, 1.82) is 0 Å². The van der Waals surface area contributed by atoms with Gasteiger partial charge in [0.05, 0.1) is 6.10 Å². The molecule has 0 spiro atoms. The van der Waals surface area contributed by atoms with Crippen LogP contribution in [0.2, 0.25) is 0 Å². The third-order valence-electron chi connectivity index (χ3n) is 2.85. The summed E-state index contributed by atoms with van der Waals surface area (Å²) < 4.78 is 0. The van der Waals surface area contributed by atoms with Gasteiger partial charge in [0, 0.05) is 6.04 Å². The van der Waals surface area contributed by atoms with E-state index < -0.39 is 5.54 Å². The van der Waals surface area contributed by atoms with Crippen molar-refractivity contribution in [1.82, 2.24) is 10.2 Å². The number of nitrogens with one attached hydrogen (secondary N) is 1. The molecule has 0 aromatic carbocycles. The molecular formula is C9H14N2O3. The zero-order valence-electron chi connectivity index (χ0n) is 8.28. The fraction of sp³-hybridized carbons (Fsp3) is 0.778. The topological polar surface area (TPSA) is 69.6 Å². The molecule has 14 heavy (non-hydrogen) atoms. The number of amides is 3. The summed E-state index contributed by atoms with van der Waals surface area (Å²) in [5, 5.41) is 11.7. The van der Waals surface area contributed by atoms with E-state index in [9.17, 15) is 9.59 Å². The number of carbonyl (C=O) groups excluding carboxylic acids is 2. The molecule has 5 nitrogen and oxygen atoms in total. The average Bonchev–Trinajstić information content (AvgIpc) is 2.17. The predicted octanol–water partition coefficient (Wildman–Crippen LogP) is -0.160. The second-order valence-electron chi connectivity index (χ2n) is 4.51. The van der Waals surface area contributed by atoms with Crippen LogP contribution in [0.1, 0.15) is 26.7 Å². The predicted molar refractivity (Wildman–Crippen MR) is 48.5 cm³/mol. The number of imide groups is 1. The van der Waals surface area contributed by atoms with Gasteiger partial charge in [-0.15, -0.1) is 0 Å². The molecule has 1 heterocycles.